The van der Waals surface area contributed by atoms with Gasteiger partial charge in [-0.1, -0.05) is 42.1 Å². The van der Waals surface area contributed by atoms with E-state index in [1.807, 2.05) is 78.9 Å². The lowest BCUT2D eigenvalue weighted by Gasteiger charge is -2.12. The van der Waals surface area contributed by atoms with Crippen molar-refractivity contribution in [2.24, 2.45) is 11.7 Å². The van der Waals surface area contributed by atoms with Crippen LogP contribution in [-0.4, -0.2) is 35.8 Å². The maximum Gasteiger partial charge on any atom is 0.220 e. The molecule has 0 radical (unpaired) electrons. The van der Waals surface area contributed by atoms with E-state index in [9.17, 15) is 4.79 Å². The van der Waals surface area contributed by atoms with Crippen LogP contribution in [0.3, 0.4) is 0 Å². The van der Waals surface area contributed by atoms with Crippen molar-refractivity contribution < 1.29 is 14.3 Å². The number of primary amides is 1. The highest BCUT2D eigenvalue weighted by atomic mass is 32.2. The molecule has 4 aromatic rings. The van der Waals surface area contributed by atoms with Gasteiger partial charge in [0.05, 0.1) is 25.6 Å². The van der Waals surface area contributed by atoms with Crippen LogP contribution in [0.15, 0.2) is 84.0 Å². The molecule has 1 aromatic heterocycles. The second-order valence-electron chi connectivity index (χ2n) is 8.15. The SMILES string of the molecule is COc1ccc(-c2nc(SCCC(Cc3ccccc3)C(N)=O)[nH]c2-c2ccc(OC)cc2)cc1. The van der Waals surface area contributed by atoms with Crippen LogP contribution in [0.25, 0.3) is 22.5 Å². The number of hydrogen-bond donors (Lipinski definition) is 2. The van der Waals surface area contributed by atoms with Gasteiger partial charge in [0.1, 0.15) is 11.5 Å². The highest BCUT2D eigenvalue weighted by Crippen LogP contribution is 2.34. The van der Waals surface area contributed by atoms with Crippen molar-refractivity contribution in [3.63, 3.8) is 0 Å². The predicted octanol–water partition coefficient (Wildman–Crippen LogP) is 5.59. The van der Waals surface area contributed by atoms with Gasteiger partial charge in [-0.25, -0.2) is 4.98 Å². The number of ether oxygens (including phenoxy) is 2. The second-order valence-corrected chi connectivity index (χ2v) is 9.23. The number of thioether (sulfide) groups is 1. The quantitative estimate of drug-likeness (QED) is 0.269. The number of rotatable bonds is 11. The first-order valence-corrected chi connectivity index (χ1v) is 12.4. The van der Waals surface area contributed by atoms with E-state index in [-0.39, 0.29) is 11.8 Å². The maximum atomic E-state index is 12.0. The summed E-state index contributed by atoms with van der Waals surface area (Å²) in [5, 5.41) is 0.796. The fraction of sp³-hybridized carbons (Fsp3) is 0.214. The summed E-state index contributed by atoms with van der Waals surface area (Å²) < 4.78 is 10.6. The number of carbonyl (C=O) groups excluding carboxylic acids is 1. The van der Waals surface area contributed by atoms with E-state index in [1.54, 1.807) is 26.0 Å². The number of nitrogens with one attached hydrogen (secondary N) is 1. The minimum Gasteiger partial charge on any atom is -0.497 e. The van der Waals surface area contributed by atoms with Crippen molar-refractivity contribution in [1.82, 2.24) is 9.97 Å². The summed E-state index contributed by atoms with van der Waals surface area (Å²) in [5.74, 6) is 1.82. The summed E-state index contributed by atoms with van der Waals surface area (Å²) in [6, 6.07) is 25.7. The standard InChI is InChI=1S/C28H29N3O3S/c1-33-23-12-8-20(9-13-23)25-26(21-10-14-24(34-2)15-11-21)31-28(30-25)35-17-16-22(27(29)32)18-19-6-4-3-5-7-19/h3-15,22H,16-18H2,1-2H3,(H2,29,32)(H,30,31). The van der Waals surface area contributed by atoms with Crippen molar-refractivity contribution in [2.45, 2.75) is 18.0 Å². The summed E-state index contributed by atoms with van der Waals surface area (Å²) >= 11 is 1.59. The van der Waals surface area contributed by atoms with Gasteiger partial charge in [0.25, 0.3) is 0 Å². The van der Waals surface area contributed by atoms with Gasteiger partial charge in [0.15, 0.2) is 5.16 Å². The Morgan fingerprint density at radius 2 is 1.51 bits per heavy atom. The molecule has 0 aliphatic carbocycles. The first kappa shape index (κ1) is 24.4. The van der Waals surface area contributed by atoms with Crippen LogP contribution >= 0.6 is 11.8 Å². The number of carbonyl (C=O) groups is 1. The largest absolute Gasteiger partial charge is 0.497 e. The number of nitrogens with two attached hydrogens (primary N) is 1. The fourth-order valence-corrected chi connectivity index (χ4v) is 4.81. The van der Waals surface area contributed by atoms with Crippen LogP contribution < -0.4 is 15.2 Å². The van der Waals surface area contributed by atoms with Crippen LogP contribution in [0.4, 0.5) is 0 Å². The van der Waals surface area contributed by atoms with Crippen molar-refractivity contribution in [3.8, 4) is 34.0 Å². The molecular formula is C28H29N3O3S. The first-order valence-electron chi connectivity index (χ1n) is 11.4. The highest BCUT2D eigenvalue weighted by Gasteiger charge is 2.18. The topological polar surface area (TPSA) is 90.2 Å². The molecule has 6 nitrogen and oxygen atoms in total. The number of nitrogens with zero attached hydrogens (tertiary/aromatic N) is 1. The maximum absolute atomic E-state index is 12.0. The second kappa shape index (κ2) is 11.6. The lowest BCUT2D eigenvalue weighted by molar-refractivity contribution is -0.121. The van der Waals surface area contributed by atoms with E-state index < -0.39 is 0 Å². The number of imidazole rings is 1. The van der Waals surface area contributed by atoms with E-state index >= 15 is 0 Å². The van der Waals surface area contributed by atoms with Crippen LogP contribution in [0.2, 0.25) is 0 Å². The molecule has 0 spiro atoms. The molecule has 0 fully saturated rings. The zero-order valence-corrected chi connectivity index (χ0v) is 20.7. The Labute approximate surface area is 209 Å². The van der Waals surface area contributed by atoms with Crippen molar-refractivity contribution in [1.29, 1.82) is 0 Å². The molecule has 0 bridgehead atoms. The van der Waals surface area contributed by atoms with Gasteiger partial charge in [-0.3, -0.25) is 4.79 Å². The van der Waals surface area contributed by atoms with Gasteiger partial charge in [-0.2, -0.15) is 0 Å². The molecule has 1 atom stereocenters. The van der Waals surface area contributed by atoms with Crippen LogP contribution in [0.5, 0.6) is 11.5 Å². The average molecular weight is 488 g/mol. The highest BCUT2D eigenvalue weighted by molar-refractivity contribution is 7.99. The number of hydrogen-bond acceptors (Lipinski definition) is 5. The van der Waals surface area contributed by atoms with Crippen LogP contribution in [-0.2, 0) is 11.2 Å². The molecule has 0 aliphatic rings. The van der Waals surface area contributed by atoms with Crippen LogP contribution in [0, 0.1) is 5.92 Å². The molecule has 4 rings (SSSR count). The Hall–Kier alpha value is -3.71. The minimum atomic E-state index is -0.272. The van der Waals surface area contributed by atoms with E-state index in [2.05, 4.69) is 4.98 Å². The number of aromatic nitrogens is 2. The third-order valence-electron chi connectivity index (χ3n) is 5.86. The number of aromatic amines is 1. The van der Waals surface area contributed by atoms with E-state index in [1.165, 1.54) is 0 Å². The lowest BCUT2D eigenvalue weighted by atomic mass is 9.96. The third kappa shape index (κ3) is 6.25. The van der Waals surface area contributed by atoms with Crippen LogP contribution in [0.1, 0.15) is 12.0 Å². The van der Waals surface area contributed by atoms with Crippen molar-refractivity contribution in [2.75, 3.05) is 20.0 Å². The number of benzene rings is 3. The Balaban J connectivity index is 1.54. The summed E-state index contributed by atoms with van der Waals surface area (Å²) in [4.78, 5) is 20.4. The van der Waals surface area contributed by atoms with E-state index in [4.69, 9.17) is 20.2 Å². The van der Waals surface area contributed by atoms with E-state index in [0.29, 0.717) is 12.8 Å². The molecule has 0 saturated carbocycles. The van der Waals surface area contributed by atoms with Gasteiger partial charge < -0.3 is 20.2 Å². The molecule has 3 aromatic carbocycles. The summed E-state index contributed by atoms with van der Waals surface area (Å²) in [7, 11) is 3.30. The van der Waals surface area contributed by atoms with Gasteiger partial charge in [0, 0.05) is 22.8 Å². The lowest BCUT2D eigenvalue weighted by Crippen LogP contribution is -2.25. The molecule has 7 heteroatoms. The Bertz CT molecular complexity index is 1170. The predicted molar refractivity (Wildman–Crippen MR) is 141 cm³/mol. The van der Waals surface area contributed by atoms with E-state index in [0.717, 1.165) is 50.5 Å². The van der Waals surface area contributed by atoms with Gasteiger partial charge in [0.2, 0.25) is 5.91 Å². The zero-order chi connectivity index (χ0) is 24.6. The zero-order valence-electron chi connectivity index (χ0n) is 19.9. The smallest absolute Gasteiger partial charge is 0.220 e. The Morgan fingerprint density at radius 1 is 0.914 bits per heavy atom. The molecule has 1 heterocycles. The summed E-state index contributed by atoms with van der Waals surface area (Å²) in [5.41, 5.74) is 10.6. The normalized spacial score (nSPS) is 11.7. The third-order valence-corrected chi connectivity index (χ3v) is 6.76. The van der Waals surface area contributed by atoms with Crippen molar-refractivity contribution in [3.05, 3.63) is 84.4 Å². The number of methoxy groups -OCH3 is 2. The summed E-state index contributed by atoms with van der Waals surface area (Å²) in [6.45, 7) is 0. The average Bonchev–Trinajstić information content (AvgIpc) is 3.33. The Kier molecular flexibility index (Phi) is 8.11. The van der Waals surface area contributed by atoms with Crippen molar-refractivity contribution >= 4 is 17.7 Å². The fourth-order valence-electron chi connectivity index (χ4n) is 3.89. The molecule has 1 amide bonds. The molecule has 35 heavy (non-hydrogen) atoms. The number of H-pyrrole nitrogens is 1. The van der Waals surface area contributed by atoms with Gasteiger partial charge in [-0.05, 0) is 66.9 Å². The van der Waals surface area contributed by atoms with Gasteiger partial charge in [-0.15, -0.1) is 0 Å². The Morgan fingerprint density at radius 3 is 2.09 bits per heavy atom. The molecule has 0 aliphatic heterocycles. The van der Waals surface area contributed by atoms with Gasteiger partial charge >= 0.3 is 0 Å². The first-order chi connectivity index (χ1) is 17.1. The minimum absolute atomic E-state index is 0.220. The number of amides is 1. The summed E-state index contributed by atoms with van der Waals surface area (Å²) in [6.07, 6.45) is 1.31. The molecule has 1 unspecified atom stereocenters. The molecular weight excluding hydrogens is 458 g/mol. The molecule has 3 N–H and O–H groups in total. The molecule has 180 valence electrons. The molecule has 0 saturated heterocycles. The monoisotopic (exact) mass is 487 g/mol.